The third-order valence-corrected chi connectivity index (χ3v) is 4.64. The van der Waals surface area contributed by atoms with Crippen molar-refractivity contribution in [2.24, 2.45) is 0 Å². The summed E-state index contributed by atoms with van der Waals surface area (Å²) in [6, 6.07) is 1.78. The van der Waals surface area contributed by atoms with Crippen LogP contribution in [-0.2, 0) is 6.42 Å². The molecule has 3 N–H and O–H groups in total. The highest BCUT2D eigenvalue weighted by Gasteiger charge is 2.20. The molecule has 0 spiro atoms. The molecule has 0 unspecified atom stereocenters. The lowest BCUT2D eigenvalue weighted by molar-refractivity contribution is 1.03. The molecule has 0 bridgehead atoms. The summed E-state index contributed by atoms with van der Waals surface area (Å²) in [6.07, 6.45) is 2.74. The first kappa shape index (κ1) is 12.3. The van der Waals surface area contributed by atoms with Crippen LogP contribution in [0.25, 0.3) is 11.1 Å². The number of nitrogens with zero attached hydrogens (tertiary/aromatic N) is 1. The van der Waals surface area contributed by atoms with Crippen molar-refractivity contribution in [3.05, 3.63) is 39.6 Å². The fourth-order valence-corrected chi connectivity index (χ4v) is 3.63. The summed E-state index contributed by atoms with van der Waals surface area (Å²) in [5.41, 5.74) is 11.1. The first-order chi connectivity index (χ1) is 9.08. The van der Waals surface area contributed by atoms with E-state index in [4.69, 9.17) is 5.73 Å². The third-order valence-electron chi connectivity index (χ3n) is 3.42. The Morgan fingerprint density at radius 3 is 3.00 bits per heavy atom. The predicted molar refractivity (Wildman–Crippen MR) is 78.6 cm³/mol. The Balaban J connectivity index is 2.39. The van der Waals surface area contributed by atoms with E-state index >= 15 is 0 Å². The van der Waals surface area contributed by atoms with Crippen LogP contribution in [0.4, 0.5) is 5.69 Å². The molecule has 3 heterocycles. The number of hydrogen-bond acceptors (Lipinski definition) is 4. The van der Waals surface area contributed by atoms with E-state index in [0.717, 1.165) is 34.7 Å². The van der Waals surface area contributed by atoms with Crippen LogP contribution in [0.2, 0.25) is 0 Å². The molecule has 4 nitrogen and oxygen atoms in total. The fourth-order valence-electron chi connectivity index (χ4n) is 2.44. The van der Waals surface area contributed by atoms with E-state index in [1.807, 2.05) is 24.9 Å². The SMILES string of the molecule is Cc1cnc(C)c2c1SCCc1[nH]c(=O)c(N)cc1-2. The van der Waals surface area contributed by atoms with Gasteiger partial charge in [0.25, 0.3) is 5.56 Å². The van der Waals surface area contributed by atoms with Crippen LogP contribution >= 0.6 is 11.8 Å². The Kier molecular flexibility index (Phi) is 2.86. The van der Waals surface area contributed by atoms with Crippen LogP contribution in [0.3, 0.4) is 0 Å². The number of hydrogen-bond donors (Lipinski definition) is 2. The van der Waals surface area contributed by atoms with Crippen molar-refractivity contribution >= 4 is 17.4 Å². The molecule has 0 aromatic carbocycles. The Bertz CT molecular complexity index is 721. The largest absolute Gasteiger partial charge is 0.394 e. The van der Waals surface area contributed by atoms with Gasteiger partial charge in [-0.2, -0.15) is 0 Å². The highest BCUT2D eigenvalue weighted by Crippen LogP contribution is 2.40. The van der Waals surface area contributed by atoms with Crippen LogP contribution in [0.15, 0.2) is 22.0 Å². The molecule has 2 aromatic rings. The molecule has 0 saturated carbocycles. The molecule has 5 heteroatoms. The summed E-state index contributed by atoms with van der Waals surface area (Å²) in [7, 11) is 0. The number of aryl methyl sites for hydroxylation is 3. The molecule has 0 atom stereocenters. The van der Waals surface area contributed by atoms with Crippen molar-refractivity contribution in [2.75, 3.05) is 11.5 Å². The van der Waals surface area contributed by atoms with Gasteiger partial charge in [-0.15, -0.1) is 11.8 Å². The lowest BCUT2D eigenvalue weighted by Crippen LogP contribution is -2.15. The van der Waals surface area contributed by atoms with E-state index in [9.17, 15) is 4.79 Å². The van der Waals surface area contributed by atoms with Crippen LogP contribution in [0, 0.1) is 13.8 Å². The maximum atomic E-state index is 11.7. The minimum atomic E-state index is -0.203. The molecule has 19 heavy (non-hydrogen) atoms. The van der Waals surface area contributed by atoms with Gasteiger partial charge in [-0.05, 0) is 31.9 Å². The Morgan fingerprint density at radius 2 is 2.21 bits per heavy atom. The molecular formula is C14H15N3OS. The van der Waals surface area contributed by atoms with E-state index in [-0.39, 0.29) is 11.2 Å². The van der Waals surface area contributed by atoms with Gasteiger partial charge in [0.05, 0.1) is 5.69 Å². The van der Waals surface area contributed by atoms with Gasteiger partial charge in [0.1, 0.15) is 0 Å². The number of aromatic amines is 1. The second-order valence-corrected chi connectivity index (χ2v) is 5.88. The Labute approximate surface area is 115 Å². The number of thioether (sulfide) groups is 1. The number of nitrogens with two attached hydrogens (primary N) is 1. The quantitative estimate of drug-likeness (QED) is 0.772. The molecule has 1 aliphatic heterocycles. The van der Waals surface area contributed by atoms with E-state index < -0.39 is 0 Å². The number of nitrogen functional groups attached to an aromatic ring is 1. The number of H-pyrrole nitrogens is 1. The maximum absolute atomic E-state index is 11.7. The lowest BCUT2D eigenvalue weighted by Gasteiger charge is -2.13. The number of aromatic nitrogens is 2. The van der Waals surface area contributed by atoms with Gasteiger partial charge < -0.3 is 10.7 Å². The summed E-state index contributed by atoms with van der Waals surface area (Å²) >= 11 is 1.82. The average molecular weight is 273 g/mol. The van der Waals surface area contributed by atoms with Gasteiger partial charge >= 0.3 is 0 Å². The molecule has 1 aliphatic rings. The molecule has 0 radical (unpaired) electrons. The maximum Gasteiger partial charge on any atom is 0.271 e. The second-order valence-electron chi connectivity index (χ2n) is 4.78. The van der Waals surface area contributed by atoms with Crippen molar-refractivity contribution < 1.29 is 0 Å². The molecule has 2 aromatic heterocycles. The van der Waals surface area contributed by atoms with Crippen molar-refractivity contribution in [1.29, 1.82) is 0 Å². The summed E-state index contributed by atoms with van der Waals surface area (Å²) < 4.78 is 0. The van der Waals surface area contributed by atoms with Crippen LogP contribution < -0.4 is 11.3 Å². The minimum absolute atomic E-state index is 0.203. The van der Waals surface area contributed by atoms with Crippen molar-refractivity contribution in [2.45, 2.75) is 25.2 Å². The number of pyridine rings is 2. The first-order valence-electron chi connectivity index (χ1n) is 6.19. The number of rotatable bonds is 0. The summed E-state index contributed by atoms with van der Waals surface area (Å²) in [4.78, 5) is 20.3. The van der Waals surface area contributed by atoms with Gasteiger partial charge in [0, 0.05) is 39.4 Å². The smallest absolute Gasteiger partial charge is 0.271 e. The molecule has 0 fully saturated rings. The van der Waals surface area contributed by atoms with Crippen molar-refractivity contribution in [3.63, 3.8) is 0 Å². The predicted octanol–water partition coefficient (Wildman–Crippen LogP) is 2.28. The average Bonchev–Trinajstić information content (AvgIpc) is 2.55. The zero-order valence-electron chi connectivity index (χ0n) is 10.9. The number of anilines is 1. The first-order valence-corrected chi connectivity index (χ1v) is 7.17. The van der Waals surface area contributed by atoms with Crippen LogP contribution in [-0.4, -0.2) is 15.7 Å². The third kappa shape index (κ3) is 1.94. The fraction of sp³-hybridized carbons (Fsp3) is 0.286. The van der Waals surface area contributed by atoms with Crippen LogP contribution in [0.1, 0.15) is 17.0 Å². The topological polar surface area (TPSA) is 71.8 Å². The standard InChI is InChI=1S/C14H15N3OS/c1-7-6-16-8(2)12-9-5-10(15)14(18)17-11(9)3-4-19-13(7)12/h5-6H,3-4,15H2,1-2H3,(H,17,18). The van der Waals surface area contributed by atoms with Gasteiger partial charge in [0.15, 0.2) is 0 Å². The van der Waals surface area contributed by atoms with Crippen molar-refractivity contribution in [1.82, 2.24) is 9.97 Å². The van der Waals surface area contributed by atoms with Gasteiger partial charge in [-0.1, -0.05) is 0 Å². The highest BCUT2D eigenvalue weighted by atomic mass is 32.2. The summed E-state index contributed by atoms with van der Waals surface area (Å²) in [5.74, 6) is 0.949. The minimum Gasteiger partial charge on any atom is -0.394 e. The van der Waals surface area contributed by atoms with Gasteiger partial charge in [-0.3, -0.25) is 9.78 Å². The van der Waals surface area contributed by atoms with Crippen molar-refractivity contribution in [3.8, 4) is 11.1 Å². The lowest BCUT2D eigenvalue weighted by atomic mass is 9.99. The normalized spacial score (nSPS) is 13.6. The molecule has 0 saturated heterocycles. The summed E-state index contributed by atoms with van der Waals surface area (Å²) in [5, 5.41) is 0. The van der Waals surface area contributed by atoms with Crippen LogP contribution in [0.5, 0.6) is 0 Å². The zero-order chi connectivity index (χ0) is 13.6. The Morgan fingerprint density at radius 1 is 1.42 bits per heavy atom. The van der Waals surface area contributed by atoms with Gasteiger partial charge in [-0.25, -0.2) is 0 Å². The highest BCUT2D eigenvalue weighted by molar-refractivity contribution is 7.99. The molecule has 0 amide bonds. The zero-order valence-corrected chi connectivity index (χ0v) is 11.7. The number of fused-ring (bicyclic) bond motifs is 3. The molecule has 0 aliphatic carbocycles. The Hall–Kier alpha value is -1.75. The molecule has 98 valence electrons. The van der Waals surface area contributed by atoms with E-state index in [0.29, 0.717) is 0 Å². The van der Waals surface area contributed by atoms with E-state index in [1.165, 1.54) is 10.5 Å². The van der Waals surface area contributed by atoms with E-state index in [2.05, 4.69) is 16.9 Å². The molecule has 3 rings (SSSR count). The van der Waals surface area contributed by atoms with E-state index in [1.54, 1.807) is 6.07 Å². The van der Waals surface area contributed by atoms with Gasteiger partial charge in [0.2, 0.25) is 0 Å². The number of nitrogens with one attached hydrogen (secondary N) is 1. The monoisotopic (exact) mass is 273 g/mol. The second kappa shape index (κ2) is 4.42. The summed E-state index contributed by atoms with van der Waals surface area (Å²) in [6.45, 7) is 4.06. The molecular weight excluding hydrogens is 258 g/mol.